The SMILES string of the molecule is Fc1ccc2c(c1CN=c1[nH]c[c-]c3nncn13)[C@H]1C[C@H]1O2.[W]. The van der Waals surface area contributed by atoms with E-state index in [0.29, 0.717) is 22.7 Å². The minimum atomic E-state index is -0.235. The molecule has 6 nitrogen and oxygen atoms in total. The van der Waals surface area contributed by atoms with E-state index in [9.17, 15) is 4.39 Å². The number of benzene rings is 1. The fourth-order valence-electron chi connectivity index (χ4n) is 3.05. The number of hydrogen-bond donors (Lipinski definition) is 1. The van der Waals surface area contributed by atoms with E-state index in [0.717, 1.165) is 17.7 Å². The largest absolute Gasteiger partial charge is 0.489 e. The third-order valence-electron chi connectivity index (χ3n) is 4.21. The number of halogens is 1. The third-order valence-corrected chi connectivity index (χ3v) is 4.21. The van der Waals surface area contributed by atoms with Crippen molar-refractivity contribution in [2.24, 2.45) is 4.99 Å². The second kappa shape index (κ2) is 5.27. The Labute approximate surface area is 144 Å². The van der Waals surface area contributed by atoms with Gasteiger partial charge in [0.15, 0.2) is 0 Å². The Balaban J connectivity index is 0.00000135. The van der Waals surface area contributed by atoms with Gasteiger partial charge in [0.1, 0.15) is 24.0 Å². The fraction of sp³-hybridized carbons (Fsp3) is 0.267. The molecule has 2 aromatic heterocycles. The van der Waals surface area contributed by atoms with Gasteiger partial charge in [-0.05, 0) is 24.2 Å². The molecule has 0 radical (unpaired) electrons. The van der Waals surface area contributed by atoms with Gasteiger partial charge in [-0.1, -0.05) is 0 Å². The van der Waals surface area contributed by atoms with Crippen molar-refractivity contribution in [3.63, 3.8) is 0 Å². The molecule has 0 saturated heterocycles. The first-order chi connectivity index (χ1) is 10.8. The minimum absolute atomic E-state index is 0. The van der Waals surface area contributed by atoms with Gasteiger partial charge < -0.3 is 15.8 Å². The Morgan fingerprint density at radius 3 is 3.30 bits per heavy atom. The first-order valence-corrected chi connectivity index (χ1v) is 7.09. The van der Waals surface area contributed by atoms with Crippen molar-refractivity contribution in [1.82, 2.24) is 19.6 Å². The van der Waals surface area contributed by atoms with Crippen molar-refractivity contribution < 1.29 is 30.2 Å². The van der Waals surface area contributed by atoms with Crippen LogP contribution in [0.4, 0.5) is 4.39 Å². The molecule has 1 N–H and O–H groups in total. The van der Waals surface area contributed by atoms with Crippen molar-refractivity contribution in [2.45, 2.75) is 25.0 Å². The summed E-state index contributed by atoms with van der Waals surface area (Å²) in [5.41, 5.74) is 2.73. The van der Waals surface area contributed by atoms with Crippen molar-refractivity contribution in [2.75, 3.05) is 0 Å². The predicted octanol–water partition coefficient (Wildman–Crippen LogP) is 1.34. The quantitative estimate of drug-likeness (QED) is 0.564. The Hall–Kier alpha value is -2.01. The molecule has 5 rings (SSSR count). The van der Waals surface area contributed by atoms with Crippen LogP contribution in [0.2, 0.25) is 0 Å². The van der Waals surface area contributed by atoms with Gasteiger partial charge in [0.2, 0.25) is 5.62 Å². The van der Waals surface area contributed by atoms with Gasteiger partial charge in [0.05, 0.1) is 6.54 Å². The molecule has 0 unspecified atom stereocenters. The number of hydrogen-bond acceptors (Lipinski definition) is 4. The minimum Gasteiger partial charge on any atom is -0.489 e. The topological polar surface area (TPSA) is 67.6 Å². The molecular formula is C15H11FN5OW-. The molecule has 1 aliphatic carbocycles. The summed E-state index contributed by atoms with van der Waals surface area (Å²) in [6, 6.07) is 6.08. The van der Waals surface area contributed by atoms with Gasteiger partial charge in [-0.25, -0.2) is 9.38 Å². The fourth-order valence-corrected chi connectivity index (χ4v) is 3.05. The number of fused-ring (bicyclic) bond motifs is 4. The summed E-state index contributed by atoms with van der Waals surface area (Å²) in [5, 5.41) is 7.73. The maximum absolute atomic E-state index is 14.2. The average Bonchev–Trinajstić information content (AvgIpc) is 2.96. The van der Waals surface area contributed by atoms with E-state index in [1.807, 2.05) is 0 Å². The van der Waals surface area contributed by atoms with E-state index in [1.165, 1.54) is 6.07 Å². The van der Waals surface area contributed by atoms with Gasteiger partial charge >= 0.3 is 0 Å². The van der Waals surface area contributed by atoms with Crippen molar-refractivity contribution >= 4 is 5.65 Å². The smallest absolute Gasteiger partial charge is 0.204 e. The molecule has 1 aliphatic heterocycles. The summed E-state index contributed by atoms with van der Waals surface area (Å²) in [4.78, 5) is 7.46. The summed E-state index contributed by atoms with van der Waals surface area (Å²) in [5.74, 6) is 0.896. The zero-order chi connectivity index (χ0) is 14.7. The van der Waals surface area contributed by atoms with Crippen LogP contribution in [0.5, 0.6) is 5.75 Å². The van der Waals surface area contributed by atoms with Crippen LogP contribution in [0.25, 0.3) is 5.65 Å². The number of H-pyrrole nitrogens is 1. The molecule has 2 aliphatic rings. The Kier molecular flexibility index (Phi) is 3.34. The number of nitrogens with zero attached hydrogens (tertiary/aromatic N) is 4. The average molecular weight is 480 g/mol. The molecule has 0 amide bonds. The van der Waals surface area contributed by atoms with Gasteiger partial charge in [-0.3, -0.25) is 4.40 Å². The van der Waals surface area contributed by atoms with Crippen LogP contribution in [0, 0.1) is 11.9 Å². The zero-order valence-electron chi connectivity index (χ0n) is 11.9. The van der Waals surface area contributed by atoms with Gasteiger partial charge in [-0.15, -0.1) is 5.10 Å². The van der Waals surface area contributed by atoms with Crippen molar-refractivity contribution in [1.29, 1.82) is 0 Å². The summed E-state index contributed by atoms with van der Waals surface area (Å²) in [6.07, 6.45) is 4.38. The first-order valence-electron chi connectivity index (χ1n) is 7.09. The molecule has 8 heteroatoms. The van der Waals surface area contributed by atoms with E-state index in [-0.39, 0.29) is 39.5 Å². The third kappa shape index (κ3) is 2.22. The molecule has 2 atom stereocenters. The normalized spacial score (nSPS) is 21.5. The van der Waals surface area contributed by atoms with E-state index >= 15 is 0 Å². The molecule has 116 valence electrons. The standard InChI is InChI=1S/C15H11FN5O.W/c16-10-1-2-11-14(8-5-12(8)22-11)9(10)6-18-15-17-4-3-13-20-19-7-21(13)15;/h1-2,4,7-8,12H,5-6H2,(H,17,18);/q-1;/t8-,12+;/m0./s1. The van der Waals surface area contributed by atoms with Crippen LogP contribution < -0.4 is 10.4 Å². The number of aromatic nitrogens is 4. The molecule has 23 heavy (non-hydrogen) atoms. The number of rotatable bonds is 2. The van der Waals surface area contributed by atoms with Gasteiger partial charge in [0, 0.05) is 38.1 Å². The zero-order valence-corrected chi connectivity index (χ0v) is 14.8. The van der Waals surface area contributed by atoms with Crippen LogP contribution in [-0.2, 0) is 27.6 Å². The number of ether oxygens (including phenoxy) is 1. The van der Waals surface area contributed by atoms with E-state index in [4.69, 9.17) is 4.74 Å². The monoisotopic (exact) mass is 480 g/mol. The summed E-state index contributed by atoms with van der Waals surface area (Å²) >= 11 is 0. The Bertz CT molecular complexity index is 966. The molecule has 3 heterocycles. The van der Waals surface area contributed by atoms with Crippen LogP contribution in [0.15, 0.2) is 29.6 Å². The number of nitrogens with one attached hydrogen (secondary N) is 1. The molecule has 1 aromatic carbocycles. The van der Waals surface area contributed by atoms with Crippen LogP contribution in [-0.4, -0.2) is 25.7 Å². The maximum Gasteiger partial charge on any atom is 0.204 e. The predicted molar refractivity (Wildman–Crippen MR) is 73.6 cm³/mol. The molecule has 1 fully saturated rings. The Morgan fingerprint density at radius 2 is 2.39 bits per heavy atom. The Morgan fingerprint density at radius 1 is 1.48 bits per heavy atom. The summed E-state index contributed by atoms with van der Waals surface area (Å²) in [7, 11) is 0. The van der Waals surface area contributed by atoms with Crippen molar-refractivity contribution in [3.8, 4) is 5.75 Å². The van der Waals surface area contributed by atoms with Gasteiger partial charge in [-0.2, -0.15) is 11.3 Å². The molecule has 3 aromatic rings. The van der Waals surface area contributed by atoms with Crippen LogP contribution in [0.1, 0.15) is 23.5 Å². The first kappa shape index (κ1) is 14.6. The summed E-state index contributed by atoms with van der Waals surface area (Å²) < 4.78 is 21.6. The van der Waals surface area contributed by atoms with E-state index in [2.05, 4.69) is 26.2 Å². The molecule has 1 saturated carbocycles. The van der Waals surface area contributed by atoms with Crippen LogP contribution >= 0.6 is 0 Å². The van der Waals surface area contributed by atoms with Gasteiger partial charge in [0.25, 0.3) is 0 Å². The van der Waals surface area contributed by atoms with E-state index in [1.54, 1.807) is 23.0 Å². The van der Waals surface area contributed by atoms with E-state index < -0.39 is 0 Å². The number of aromatic amines is 1. The van der Waals surface area contributed by atoms with Crippen LogP contribution in [0.3, 0.4) is 0 Å². The molecular weight excluding hydrogens is 469 g/mol. The molecule has 0 spiro atoms. The maximum atomic E-state index is 14.2. The molecule has 0 bridgehead atoms. The second-order valence-corrected chi connectivity index (χ2v) is 5.53. The second-order valence-electron chi connectivity index (χ2n) is 5.53. The summed E-state index contributed by atoms with van der Waals surface area (Å²) in [6.45, 7) is 0.245. The van der Waals surface area contributed by atoms with Crippen molar-refractivity contribution in [3.05, 3.63) is 53.3 Å².